The first-order chi connectivity index (χ1) is 10.1. The quantitative estimate of drug-likeness (QED) is 0.502. The number of benzene rings is 1. The zero-order valence-corrected chi connectivity index (χ0v) is 13.2. The van der Waals surface area contributed by atoms with Crippen LogP contribution < -0.4 is 10.6 Å². The van der Waals surface area contributed by atoms with Gasteiger partial charge in [-0.1, -0.05) is 30.3 Å². The van der Waals surface area contributed by atoms with Crippen molar-refractivity contribution >= 4 is 5.96 Å². The number of nitrogens with zero attached hydrogens (tertiary/aromatic N) is 1. The van der Waals surface area contributed by atoms with E-state index < -0.39 is 6.10 Å². The monoisotopic (exact) mass is 293 g/mol. The van der Waals surface area contributed by atoms with Crippen molar-refractivity contribution in [2.45, 2.75) is 39.5 Å². The minimum Gasteiger partial charge on any atom is -0.389 e. The van der Waals surface area contributed by atoms with Crippen LogP contribution in [0.1, 0.15) is 26.3 Å². The molecule has 0 radical (unpaired) electrons. The van der Waals surface area contributed by atoms with Gasteiger partial charge in [0.2, 0.25) is 0 Å². The minimum atomic E-state index is -0.601. The van der Waals surface area contributed by atoms with Crippen molar-refractivity contribution in [3.05, 3.63) is 35.9 Å². The fourth-order valence-corrected chi connectivity index (χ4v) is 1.73. The standard InChI is InChI=1S/C16H27N3O2/c1-4-17-16(19-13(2)3)18-10-15(20)12-21-11-14-8-6-5-7-9-14/h5-9,13,15,20H,4,10-12H2,1-3H3,(H2,17,18,19). The molecule has 0 spiro atoms. The fourth-order valence-electron chi connectivity index (χ4n) is 1.73. The number of hydrogen-bond acceptors (Lipinski definition) is 3. The molecule has 5 nitrogen and oxygen atoms in total. The first-order valence-electron chi connectivity index (χ1n) is 7.46. The maximum atomic E-state index is 9.89. The van der Waals surface area contributed by atoms with Crippen molar-refractivity contribution in [3.8, 4) is 0 Å². The molecule has 0 aliphatic rings. The first-order valence-corrected chi connectivity index (χ1v) is 7.46. The lowest BCUT2D eigenvalue weighted by molar-refractivity contribution is 0.0331. The maximum absolute atomic E-state index is 9.89. The van der Waals surface area contributed by atoms with Gasteiger partial charge in [-0.2, -0.15) is 0 Å². The molecule has 0 bridgehead atoms. The Balaban J connectivity index is 2.29. The summed E-state index contributed by atoms with van der Waals surface area (Å²) in [6.07, 6.45) is -0.601. The van der Waals surface area contributed by atoms with Gasteiger partial charge in [-0.05, 0) is 26.3 Å². The molecule has 21 heavy (non-hydrogen) atoms. The van der Waals surface area contributed by atoms with Crippen molar-refractivity contribution in [2.24, 2.45) is 4.99 Å². The second-order valence-corrected chi connectivity index (χ2v) is 5.17. The molecule has 1 aromatic carbocycles. The lowest BCUT2D eigenvalue weighted by atomic mass is 10.2. The maximum Gasteiger partial charge on any atom is 0.191 e. The average Bonchev–Trinajstić information content (AvgIpc) is 2.45. The lowest BCUT2D eigenvalue weighted by Gasteiger charge is -2.15. The molecule has 0 saturated carbocycles. The van der Waals surface area contributed by atoms with Crippen molar-refractivity contribution in [1.29, 1.82) is 0 Å². The van der Waals surface area contributed by atoms with Crippen molar-refractivity contribution in [3.63, 3.8) is 0 Å². The number of ether oxygens (including phenoxy) is 1. The van der Waals surface area contributed by atoms with Gasteiger partial charge in [-0.3, -0.25) is 4.99 Å². The zero-order valence-electron chi connectivity index (χ0n) is 13.2. The smallest absolute Gasteiger partial charge is 0.191 e. The van der Waals surface area contributed by atoms with Crippen LogP contribution in [0.25, 0.3) is 0 Å². The highest BCUT2D eigenvalue weighted by molar-refractivity contribution is 5.79. The summed E-state index contributed by atoms with van der Waals surface area (Å²) in [4.78, 5) is 4.34. The van der Waals surface area contributed by atoms with Gasteiger partial charge < -0.3 is 20.5 Å². The molecule has 0 aliphatic heterocycles. The van der Waals surface area contributed by atoms with E-state index in [2.05, 4.69) is 15.6 Å². The molecule has 1 unspecified atom stereocenters. The second kappa shape index (κ2) is 10.2. The molecule has 0 amide bonds. The van der Waals surface area contributed by atoms with Gasteiger partial charge >= 0.3 is 0 Å². The third kappa shape index (κ3) is 8.32. The van der Waals surface area contributed by atoms with Gasteiger partial charge in [0.25, 0.3) is 0 Å². The van der Waals surface area contributed by atoms with Crippen LogP contribution in [-0.4, -0.2) is 42.9 Å². The number of aliphatic hydroxyl groups excluding tert-OH is 1. The highest BCUT2D eigenvalue weighted by Gasteiger charge is 2.05. The number of aliphatic imine (C=N–C) groups is 1. The van der Waals surface area contributed by atoms with E-state index in [-0.39, 0.29) is 6.61 Å². The number of aliphatic hydroxyl groups is 1. The number of nitrogens with one attached hydrogen (secondary N) is 2. The van der Waals surface area contributed by atoms with Gasteiger partial charge in [0.1, 0.15) is 0 Å². The fraction of sp³-hybridized carbons (Fsp3) is 0.562. The molecular weight excluding hydrogens is 266 g/mol. The van der Waals surface area contributed by atoms with E-state index in [0.717, 1.165) is 18.1 Å². The van der Waals surface area contributed by atoms with E-state index in [1.54, 1.807) is 0 Å². The van der Waals surface area contributed by atoms with Crippen LogP contribution in [0.4, 0.5) is 0 Å². The van der Waals surface area contributed by atoms with Crippen LogP contribution in [0, 0.1) is 0 Å². The average molecular weight is 293 g/mol. The Labute approximate surface area is 127 Å². The van der Waals surface area contributed by atoms with E-state index in [4.69, 9.17) is 4.74 Å². The van der Waals surface area contributed by atoms with Crippen molar-refractivity contribution < 1.29 is 9.84 Å². The van der Waals surface area contributed by atoms with Gasteiger partial charge in [-0.25, -0.2) is 0 Å². The van der Waals surface area contributed by atoms with Crippen LogP contribution in [0.2, 0.25) is 0 Å². The van der Waals surface area contributed by atoms with E-state index in [1.165, 1.54) is 0 Å². The SMILES string of the molecule is CCNC(=NCC(O)COCc1ccccc1)NC(C)C. The number of rotatable bonds is 8. The summed E-state index contributed by atoms with van der Waals surface area (Å²) in [5.74, 6) is 0.717. The van der Waals surface area contributed by atoms with E-state index in [1.807, 2.05) is 51.1 Å². The molecule has 1 rings (SSSR count). The molecule has 118 valence electrons. The summed E-state index contributed by atoms with van der Waals surface area (Å²) in [5.41, 5.74) is 1.10. The Morgan fingerprint density at radius 1 is 1.29 bits per heavy atom. The Hall–Kier alpha value is -1.59. The van der Waals surface area contributed by atoms with Crippen LogP contribution in [0.3, 0.4) is 0 Å². The molecule has 0 heterocycles. The van der Waals surface area contributed by atoms with Gasteiger partial charge in [0, 0.05) is 12.6 Å². The predicted molar refractivity (Wildman–Crippen MR) is 86.4 cm³/mol. The molecule has 3 N–H and O–H groups in total. The summed E-state index contributed by atoms with van der Waals surface area (Å²) < 4.78 is 5.49. The molecular formula is C16H27N3O2. The van der Waals surface area contributed by atoms with E-state index in [9.17, 15) is 5.11 Å². The van der Waals surface area contributed by atoms with Gasteiger partial charge in [0.05, 0.1) is 25.9 Å². The Morgan fingerprint density at radius 3 is 2.62 bits per heavy atom. The molecule has 0 aliphatic carbocycles. The van der Waals surface area contributed by atoms with Gasteiger partial charge in [-0.15, -0.1) is 0 Å². The normalized spacial score (nSPS) is 13.3. The summed E-state index contributed by atoms with van der Waals surface area (Å²) in [6.45, 7) is 8.00. The molecule has 0 aromatic heterocycles. The van der Waals surface area contributed by atoms with Crippen LogP contribution in [0.5, 0.6) is 0 Å². The predicted octanol–water partition coefficient (Wildman–Crippen LogP) is 1.53. The summed E-state index contributed by atoms with van der Waals surface area (Å²) in [5, 5.41) is 16.2. The third-order valence-corrected chi connectivity index (χ3v) is 2.65. The molecule has 0 fully saturated rings. The molecule has 1 aromatic rings. The lowest BCUT2D eigenvalue weighted by Crippen LogP contribution is -2.41. The largest absolute Gasteiger partial charge is 0.389 e. The number of hydrogen-bond donors (Lipinski definition) is 3. The van der Waals surface area contributed by atoms with Gasteiger partial charge in [0.15, 0.2) is 5.96 Å². The molecule has 0 saturated heterocycles. The Morgan fingerprint density at radius 2 is 2.00 bits per heavy atom. The van der Waals surface area contributed by atoms with Crippen molar-refractivity contribution in [1.82, 2.24) is 10.6 Å². The van der Waals surface area contributed by atoms with Crippen LogP contribution >= 0.6 is 0 Å². The third-order valence-electron chi connectivity index (χ3n) is 2.65. The Bertz CT molecular complexity index is 407. The second-order valence-electron chi connectivity index (χ2n) is 5.17. The van der Waals surface area contributed by atoms with Crippen molar-refractivity contribution in [2.75, 3.05) is 19.7 Å². The van der Waals surface area contributed by atoms with E-state index >= 15 is 0 Å². The van der Waals surface area contributed by atoms with Crippen LogP contribution in [0.15, 0.2) is 35.3 Å². The zero-order chi connectivity index (χ0) is 15.5. The minimum absolute atomic E-state index is 0.277. The first kappa shape index (κ1) is 17.5. The van der Waals surface area contributed by atoms with E-state index in [0.29, 0.717) is 19.2 Å². The summed E-state index contributed by atoms with van der Waals surface area (Å²) in [6, 6.07) is 10.2. The Kier molecular flexibility index (Phi) is 8.47. The van der Waals surface area contributed by atoms with Crippen LogP contribution in [-0.2, 0) is 11.3 Å². The topological polar surface area (TPSA) is 65.9 Å². The number of guanidine groups is 1. The molecule has 1 atom stereocenters. The summed E-state index contributed by atoms with van der Waals surface area (Å²) >= 11 is 0. The molecule has 5 heteroatoms. The highest BCUT2D eigenvalue weighted by atomic mass is 16.5. The summed E-state index contributed by atoms with van der Waals surface area (Å²) in [7, 11) is 0. The highest BCUT2D eigenvalue weighted by Crippen LogP contribution is 2.01.